The third-order valence-corrected chi connectivity index (χ3v) is 8.91. The molecule has 1 aliphatic heterocycles. The second-order valence-corrected chi connectivity index (χ2v) is 14.1. The van der Waals surface area contributed by atoms with Gasteiger partial charge in [0.25, 0.3) is 0 Å². The maximum absolute atomic E-state index is 14.0. The molecule has 0 radical (unpaired) electrons. The van der Waals surface area contributed by atoms with Crippen molar-refractivity contribution in [3.05, 3.63) is 88.4 Å². The van der Waals surface area contributed by atoms with Crippen molar-refractivity contribution in [2.75, 3.05) is 36.9 Å². The van der Waals surface area contributed by atoms with Crippen molar-refractivity contribution in [3.8, 4) is 11.5 Å². The summed E-state index contributed by atoms with van der Waals surface area (Å²) in [6.45, 7) is 5.66. The second-order valence-electron chi connectivity index (χ2n) is 11.3. The van der Waals surface area contributed by atoms with Crippen LogP contribution < -0.4 is 19.1 Å². The minimum Gasteiger partial charge on any atom is -0.486 e. The lowest BCUT2D eigenvalue weighted by Gasteiger charge is -2.32. The first kappa shape index (κ1) is 33.3. The van der Waals surface area contributed by atoms with E-state index in [9.17, 15) is 18.0 Å². The molecule has 3 aromatic rings. The zero-order valence-corrected chi connectivity index (χ0v) is 27.8. The Kier molecular flexibility index (Phi) is 11.7. The summed E-state index contributed by atoms with van der Waals surface area (Å²) in [6, 6.07) is 21.5. The summed E-state index contributed by atoms with van der Waals surface area (Å²) < 4.78 is 39.0. The highest BCUT2D eigenvalue weighted by atomic mass is 79.9. The van der Waals surface area contributed by atoms with Crippen LogP contribution in [0.1, 0.15) is 37.8 Å². The Bertz CT molecular complexity index is 1520. The average Bonchev–Trinajstić information content (AvgIpc) is 3.00. The Hall–Kier alpha value is -3.57. The first-order chi connectivity index (χ1) is 21.0. The molecule has 0 fully saturated rings. The van der Waals surface area contributed by atoms with Crippen LogP contribution in [-0.4, -0.2) is 63.7 Å². The highest BCUT2D eigenvalue weighted by Crippen LogP contribution is 2.35. The number of benzene rings is 3. The van der Waals surface area contributed by atoms with Crippen molar-refractivity contribution in [1.29, 1.82) is 0 Å². The predicted octanol–water partition coefficient (Wildman–Crippen LogP) is 5.18. The molecule has 0 aromatic heterocycles. The molecule has 4 rings (SSSR count). The first-order valence-corrected chi connectivity index (χ1v) is 17.4. The molecule has 11 heteroatoms. The number of carbonyl (C=O) groups excluding carboxylic acids is 2. The number of nitrogens with zero attached hydrogens (tertiary/aromatic N) is 2. The zero-order valence-electron chi connectivity index (χ0n) is 25.4. The van der Waals surface area contributed by atoms with Crippen LogP contribution in [0.25, 0.3) is 0 Å². The molecule has 0 saturated carbocycles. The van der Waals surface area contributed by atoms with Crippen molar-refractivity contribution in [2.24, 2.45) is 5.92 Å². The smallest absolute Gasteiger partial charge is 0.243 e. The van der Waals surface area contributed by atoms with Crippen molar-refractivity contribution >= 4 is 43.5 Å². The number of fused-ring (bicyclic) bond motifs is 1. The number of sulfonamides is 1. The van der Waals surface area contributed by atoms with Gasteiger partial charge in [-0.25, -0.2) is 8.42 Å². The highest BCUT2D eigenvalue weighted by molar-refractivity contribution is 9.10. The first-order valence-electron chi connectivity index (χ1n) is 14.7. The van der Waals surface area contributed by atoms with Gasteiger partial charge in [0.1, 0.15) is 19.3 Å². The molecule has 0 aliphatic carbocycles. The molecule has 0 saturated heterocycles. The third kappa shape index (κ3) is 9.46. The van der Waals surface area contributed by atoms with Crippen LogP contribution in [0.5, 0.6) is 11.5 Å². The Balaban J connectivity index is 1.57. The maximum atomic E-state index is 14.0. The molecule has 9 nitrogen and oxygen atoms in total. The Morgan fingerprint density at radius 1 is 0.932 bits per heavy atom. The van der Waals surface area contributed by atoms with Gasteiger partial charge in [0.05, 0.1) is 11.9 Å². The van der Waals surface area contributed by atoms with Crippen molar-refractivity contribution in [2.45, 2.75) is 45.7 Å². The van der Waals surface area contributed by atoms with Crippen LogP contribution in [0.3, 0.4) is 0 Å². The number of ether oxygens (including phenoxy) is 2. The fourth-order valence-electron chi connectivity index (χ4n) is 4.95. The molecule has 1 atom stereocenters. The molecule has 0 bridgehead atoms. The lowest BCUT2D eigenvalue weighted by molar-refractivity contribution is -0.141. The van der Waals surface area contributed by atoms with E-state index < -0.39 is 16.1 Å². The molecule has 2 amide bonds. The van der Waals surface area contributed by atoms with Crippen LogP contribution in [0.15, 0.2) is 77.3 Å². The average molecular weight is 687 g/mol. The van der Waals surface area contributed by atoms with Gasteiger partial charge in [0.15, 0.2) is 11.5 Å². The Labute approximate surface area is 268 Å². The summed E-state index contributed by atoms with van der Waals surface area (Å²) in [5.41, 5.74) is 2.25. The molecule has 0 unspecified atom stereocenters. The number of rotatable bonds is 14. The number of hydrogen-bond acceptors (Lipinski definition) is 6. The highest BCUT2D eigenvalue weighted by Gasteiger charge is 2.31. The fourth-order valence-corrected chi connectivity index (χ4v) is 6.18. The van der Waals surface area contributed by atoms with E-state index >= 15 is 0 Å². The van der Waals surface area contributed by atoms with E-state index in [0.29, 0.717) is 43.4 Å². The van der Waals surface area contributed by atoms with Crippen molar-refractivity contribution in [1.82, 2.24) is 10.2 Å². The van der Waals surface area contributed by atoms with Crippen molar-refractivity contribution in [3.63, 3.8) is 0 Å². The fraction of sp³-hybridized carbons (Fsp3) is 0.394. The largest absolute Gasteiger partial charge is 0.486 e. The summed E-state index contributed by atoms with van der Waals surface area (Å²) in [5.74, 6) is 0.837. The van der Waals surface area contributed by atoms with Crippen LogP contribution in [0.4, 0.5) is 5.69 Å². The van der Waals surface area contributed by atoms with Gasteiger partial charge in [-0.1, -0.05) is 72.2 Å². The molecule has 236 valence electrons. The summed E-state index contributed by atoms with van der Waals surface area (Å²) >= 11 is 3.46. The van der Waals surface area contributed by atoms with Gasteiger partial charge >= 0.3 is 0 Å². The lowest BCUT2D eigenvalue weighted by atomic mass is 10.0. The summed E-state index contributed by atoms with van der Waals surface area (Å²) in [6.07, 6.45) is 1.79. The standard InChI is InChI=1S/C33H40BrN3O6S/c1-24(2)22-35-33(39)29(20-25-8-5-4-6-9-25)36(23-26-11-13-27(34)14-12-26)32(38)10-7-17-37(44(3,40)41)28-15-16-30-31(21-28)43-19-18-42-30/h4-6,8-9,11-16,21,24,29H,7,10,17-20,22-23H2,1-3H3,(H,35,39)/t29-/m0/s1. The normalized spacial score (nSPS) is 13.3. The van der Waals surface area contributed by atoms with Crippen molar-refractivity contribution < 1.29 is 27.5 Å². The van der Waals surface area contributed by atoms with Gasteiger partial charge in [0.2, 0.25) is 21.8 Å². The molecule has 44 heavy (non-hydrogen) atoms. The molecule has 3 aromatic carbocycles. The number of amides is 2. The van der Waals surface area contributed by atoms with E-state index in [1.54, 1.807) is 23.1 Å². The Morgan fingerprint density at radius 3 is 2.27 bits per heavy atom. The van der Waals surface area contributed by atoms with Gasteiger partial charge in [-0.15, -0.1) is 0 Å². The molecular weight excluding hydrogens is 646 g/mol. The monoisotopic (exact) mass is 685 g/mol. The summed E-state index contributed by atoms with van der Waals surface area (Å²) in [4.78, 5) is 29.2. The number of carbonyl (C=O) groups is 2. The molecule has 1 N–H and O–H groups in total. The number of halogens is 1. The second kappa shape index (κ2) is 15.4. The minimum absolute atomic E-state index is 0.0514. The molecule has 1 heterocycles. The number of nitrogens with one attached hydrogen (secondary N) is 1. The van der Waals surface area contributed by atoms with E-state index in [2.05, 4.69) is 21.2 Å². The predicted molar refractivity (Wildman–Crippen MR) is 175 cm³/mol. The molecule has 1 aliphatic rings. The number of hydrogen-bond donors (Lipinski definition) is 1. The van der Waals surface area contributed by atoms with E-state index in [4.69, 9.17) is 9.47 Å². The lowest BCUT2D eigenvalue weighted by Crippen LogP contribution is -2.51. The van der Waals surface area contributed by atoms with E-state index in [1.807, 2.05) is 68.4 Å². The Morgan fingerprint density at radius 2 is 1.61 bits per heavy atom. The molecular formula is C33H40BrN3O6S. The van der Waals surface area contributed by atoms with Crippen LogP contribution in [0.2, 0.25) is 0 Å². The van der Waals surface area contributed by atoms with Gasteiger partial charge in [-0.05, 0) is 47.7 Å². The number of anilines is 1. The van der Waals surface area contributed by atoms with Gasteiger partial charge in [0, 0.05) is 43.0 Å². The minimum atomic E-state index is -3.66. The quantitative estimate of drug-likeness (QED) is 0.251. The van der Waals surface area contributed by atoms with Gasteiger partial charge in [-0.3, -0.25) is 13.9 Å². The summed E-state index contributed by atoms with van der Waals surface area (Å²) in [5, 5.41) is 3.02. The van der Waals surface area contributed by atoms with E-state index in [0.717, 1.165) is 21.9 Å². The SMILES string of the molecule is CC(C)CNC(=O)[C@H](Cc1ccccc1)N(Cc1ccc(Br)cc1)C(=O)CCCN(c1ccc2c(c1)OCCO2)S(C)(=O)=O. The van der Waals surface area contributed by atoms with Gasteiger partial charge in [-0.2, -0.15) is 0 Å². The summed E-state index contributed by atoms with van der Waals surface area (Å²) in [7, 11) is -3.66. The topological polar surface area (TPSA) is 105 Å². The maximum Gasteiger partial charge on any atom is 0.243 e. The molecule has 0 spiro atoms. The zero-order chi connectivity index (χ0) is 31.7. The van der Waals surface area contributed by atoms with E-state index in [1.165, 1.54) is 4.31 Å². The van der Waals surface area contributed by atoms with Crippen LogP contribution in [0, 0.1) is 5.92 Å². The third-order valence-electron chi connectivity index (χ3n) is 7.19. The van der Waals surface area contributed by atoms with Crippen LogP contribution in [-0.2, 0) is 32.6 Å². The van der Waals surface area contributed by atoms with E-state index in [-0.39, 0.29) is 43.7 Å². The van der Waals surface area contributed by atoms with Gasteiger partial charge < -0.3 is 19.7 Å². The van der Waals surface area contributed by atoms with Crippen LogP contribution >= 0.6 is 15.9 Å².